The lowest BCUT2D eigenvalue weighted by molar-refractivity contribution is 0.102. The highest BCUT2D eigenvalue weighted by Gasteiger charge is 2.13. The maximum absolute atomic E-state index is 13.2. The molecule has 7 heteroatoms. The maximum Gasteiger partial charge on any atom is 0.258 e. The van der Waals surface area contributed by atoms with Crippen LogP contribution in [0.3, 0.4) is 0 Å². The van der Waals surface area contributed by atoms with Crippen molar-refractivity contribution in [1.82, 2.24) is 4.98 Å². The summed E-state index contributed by atoms with van der Waals surface area (Å²) in [5.74, 6) is -1.22. The number of amides is 1. The largest absolute Gasteiger partial charge is 0.322 e. The zero-order valence-electron chi connectivity index (χ0n) is 9.25. The molecule has 0 radical (unpaired) electrons. The number of benzene rings is 1. The van der Waals surface area contributed by atoms with Crippen LogP contribution >= 0.6 is 34.8 Å². The zero-order chi connectivity index (χ0) is 14.0. The van der Waals surface area contributed by atoms with Gasteiger partial charge in [-0.05, 0) is 24.3 Å². The van der Waals surface area contributed by atoms with Crippen LogP contribution in [0, 0.1) is 5.82 Å². The molecule has 2 rings (SSSR count). The number of pyridine rings is 1. The van der Waals surface area contributed by atoms with E-state index in [0.29, 0.717) is 0 Å². The van der Waals surface area contributed by atoms with Crippen molar-refractivity contribution in [3.8, 4) is 0 Å². The molecular formula is C12H6Cl3FN2O. The smallest absolute Gasteiger partial charge is 0.258 e. The summed E-state index contributed by atoms with van der Waals surface area (Å²) in [5.41, 5.74) is 0.460. The Balaban J connectivity index is 2.27. The van der Waals surface area contributed by atoms with Gasteiger partial charge < -0.3 is 5.32 Å². The summed E-state index contributed by atoms with van der Waals surface area (Å²) in [6.45, 7) is 0. The van der Waals surface area contributed by atoms with Gasteiger partial charge in [0.05, 0.1) is 15.6 Å². The molecule has 2 aromatic rings. The number of rotatable bonds is 2. The monoisotopic (exact) mass is 318 g/mol. The third kappa shape index (κ3) is 3.15. The lowest BCUT2D eigenvalue weighted by Gasteiger charge is -2.07. The molecule has 0 aliphatic carbocycles. The van der Waals surface area contributed by atoms with Gasteiger partial charge in [0.1, 0.15) is 5.15 Å². The van der Waals surface area contributed by atoms with Gasteiger partial charge in [-0.2, -0.15) is 0 Å². The average Bonchev–Trinajstić information content (AvgIpc) is 2.36. The highest BCUT2D eigenvalue weighted by Crippen LogP contribution is 2.27. The van der Waals surface area contributed by atoms with Gasteiger partial charge in [0.15, 0.2) is 5.82 Å². The molecular weight excluding hydrogens is 314 g/mol. The molecule has 1 aromatic carbocycles. The van der Waals surface area contributed by atoms with Crippen LogP contribution in [0.1, 0.15) is 10.4 Å². The normalized spacial score (nSPS) is 10.3. The second-order valence-corrected chi connectivity index (χ2v) is 4.72. The molecule has 0 saturated carbocycles. The molecule has 1 N–H and O–H groups in total. The van der Waals surface area contributed by atoms with Crippen molar-refractivity contribution in [2.24, 2.45) is 0 Å². The first kappa shape index (κ1) is 14.1. The number of hydrogen-bond acceptors (Lipinski definition) is 2. The Hall–Kier alpha value is -1.36. The van der Waals surface area contributed by atoms with Crippen LogP contribution in [0.4, 0.5) is 10.1 Å². The van der Waals surface area contributed by atoms with Crippen molar-refractivity contribution in [3.63, 3.8) is 0 Å². The number of carbonyl (C=O) groups is 1. The van der Waals surface area contributed by atoms with Gasteiger partial charge in [0.2, 0.25) is 0 Å². The van der Waals surface area contributed by atoms with E-state index in [9.17, 15) is 9.18 Å². The van der Waals surface area contributed by atoms with E-state index in [1.165, 1.54) is 24.4 Å². The van der Waals surface area contributed by atoms with E-state index in [0.717, 1.165) is 0 Å². The molecule has 1 amide bonds. The second-order valence-electron chi connectivity index (χ2n) is 3.55. The molecule has 0 spiro atoms. The van der Waals surface area contributed by atoms with Gasteiger partial charge in [0.25, 0.3) is 5.91 Å². The second kappa shape index (κ2) is 5.74. The molecule has 0 atom stereocenters. The van der Waals surface area contributed by atoms with E-state index in [-0.39, 0.29) is 26.4 Å². The Labute approximate surface area is 123 Å². The highest BCUT2D eigenvalue weighted by atomic mass is 35.5. The third-order valence-corrected chi connectivity index (χ3v) is 3.10. The van der Waals surface area contributed by atoms with Crippen molar-refractivity contribution in [1.29, 1.82) is 0 Å². The van der Waals surface area contributed by atoms with E-state index in [2.05, 4.69) is 10.3 Å². The quantitative estimate of drug-likeness (QED) is 0.657. The summed E-state index contributed by atoms with van der Waals surface area (Å²) in [6, 6.07) is 5.60. The number of carbonyl (C=O) groups excluding carboxylic acids is 1. The SMILES string of the molecule is O=C(Nc1cc(Cl)c(F)c(Cl)c1)c1cccnc1Cl. The zero-order valence-corrected chi connectivity index (χ0v) is 11.5. The Morgan fingerprint density at radius 1 is 1.21 bits per heavy atom. The fraction of sp³-hybridized carbons (Fsp3) is 0. The Morgan fingerprint density at radius 2 is 1.84 bits per heavy atom. The first-order valence-corrected chi connectivity index (χ1v) is 6.19. The van der Waals surface area contributed by atoms with E-state index in [1.807, 2.05) is 0 Å². The predicted molar refractivity (Wildman–Crippen MR) is 73.6 cm³/mol. The van der Waals surface area contributed by atoms with E-state index in [1.54, 1.807) is 6.07 Å². The van der Waals surface area contributed by atoms with Crippen molar-refractivity contribution >= 4 is 46.4 Å². The molecule has 0 fully saturated rings. The van der Waals surface area contributed by atoms with Gasteiger partial charge >= 0.3 is 0 Å². The molecule has 0 unspecified atom stereocenters. The van der Waals surface area contributed by atoms with Crippen molar-refractivity contribution in [2.45, 2.75) is 0 Å². The average molecular weight is 320 g/mol. The Bertz CT molecular complexity index is 626. The van der Waals surface area contributed by atoms with Crippen LogP contribution in [-0.2, 0) is 0 Å². The van der Waals surface area contributed by atoms with Crippen molar-refractivity contribution in [2.75, 3.05) is 5.32 Å². The highest BCUT2D eigenvalue weighted by molar-refractivity contribution is 6.35. The number of hydrogen-bond donors (Lipinski definition) is 1. The number of nitrogens with one attached hydrogen (secondary N) is 1. The van der Waals surface area contributed by atoms with Gasteiger partial charge in [0, 0.05) is 11.9 Å². The molecule has 0 saturated heterocycles. The van der Waals surface area contributed by atoms with E-state index >= 15 is 0 Å². The fourth-order valence-corrected chi connectivity index (χ4v) is 2.07. The predicted octanol–water partition coefficient (Wildman–Crippen LogP) is 4.43. The number of nitrogens with zero attached hydrogens (tertiary/aromatic N) is 1. The van der Waals surface area contributed by atoms with Crippen LogP contribution in [0.2, 0.25) is 15.2 Å². The standard InChI is InChI=1S/C12H6Cl3FN2O/c13-8-4-6(5-9(14)10(8)16)18-12(19)7-2-1-3-17-11(7)15/h1-5H,(H,18,19). The molecule has 0 aliphatic rings. The van der Waals surface area contributed by atoms with E-state index < -0.39 is 11.7 Å². The minimum atomic E-state index is -0.735. The van der Waals surface area contributed by atoms with Crippen LogP contribution in [-0.4, -0.2) is 10.9 Å². The summed E-state index contributed by atoms with van der Waals surface area (Å²) in [7, 11) is 0. The first-order chi connectivity index (χ1) is 8.99. The van der Waals surface area contributed by atoms with Crippen LogP contribution in [0.25, 0.3) is 0 Å². The van der Waals surface area contributed by atoms with Crippen LogP contribution < -0.4 is 5.32 Å². The van der Waals surface area contributed by atoms with Crippen LogP contribution in [0.5, 0.6) is 0 Å². The molecule has 19 heavy (non-hydrogen) atoms. The number of anilines is 1. The van der Waals surface area contributed by atoms with Gasteiger partial charge in [-0.25, -0.2) is 9.37 Å². The molecule has 3 nitrogen and oxygen atoms in total. The summed E-state index contributed by atoms with van der Waals surface area (Å²) in [6.07, 6.45) is 1.46. The Kier molecular flexibility index (Phi) is 4.24. The van der Waals surface area contributed by atoms with E-state index in [4.69, 9.17) is 34.8 Å². The molecule has 0 aliphatic heterocycles. The first-order valence-electron chi connectivity index (χ1n) is 5.05. The van der Waals surface area contributed by atoms with Gasteiger partial charge in [-0.1, -0.05) is 34.8 Å². The van der Waals surface area contributed by atoms with Gasteiger partial charge in [-0.3, -0.25) is 4.79 Å². The van der Waals surface area contributed by atoms with Crippen molar-refractivity contribution < 1.29 is 9.18 Å². The van der Waals surface area contributed by atoms with Gasteiger partial charge in [-0.15, -0.1) is 0 Å². The number of aromatic nitrogens is 1. The summed E-state index contributed by atoms with van der Waals surface area (Å²) >= 11 is 17.1. The van der Waals surface area contributed by atoms with Crippen LogP contribution in [0.15, 0.2) is 30.5 Å². The summed E-state index contributed by atoms with van der Waals surface area (Å²) in [5, 5.41) is 2.22. The lowest BCUT2D eigenvalue weighted by atomic mass is 10.2. The summed E-state index contributed by atoms with van der Waals surface area (Å²) in [4.78, 5) is 15.7. The minimum Gasteiger partial charge on any atom is -0.322 e. The maximum atomic E-state index is 13.2. The minimum absolute atomic E-state index is 0.0688. The summed E-state index contributed by atoms with van der Waals surface area (Å²) < 4.78 is 13.2. The molecule has 98 valence electrons. The van der Waals surface area contributed by atoms with Crippen molar-refractivity contribution in [3.05, 3.63) is 57.0 Å². The molecule has 1 aromatic heterocycles. The third-order valence-electron chi connectivity index (χ3n) is 2.25. The lowest BCUT2D eigenvalue weighted by Crippen LogP contribution is -2.13. The Morgan fingerprint density at radius 3 is 2.42 bits per heavy atom. The fourth-order valence-electron chi connectivity index (χ4n) is 1.38. The topological polar surface area (TPSA) is 42.0 Å². The molecule has 1 heterocycles. The molecule has 0 bridgehead atoms. The number of halogens is 4.